The maximum Gasteiger partial charge on any atom is 0.188 e. The zero-order valence-electron chi connectivity index (χ0n) is 12.9. The molecule has 0 bridgehead atoms. The Hall–Kier alpha value is -1.58. The van der Waals surface area contributed by atoms with Gasteiger partial charge in [-0.25, -0.2) is 4.39 Å². The van der Waals surface area contributed by atoms with Crippen LogP contribution in [0, 0.1) is 11.7 Å². The molecule has 0 aliphatic rings. The van der Waals surface area contributed by atoms with Crippen LogP contribution in [0.4, 0.5) is 4.39 Å². The topological polar surface area (TPSA) is 50.4 Å². The SMILES string of the molecule is CC(C)CCNC(N)=NCC(C)(C)c1ccccc1F. The summed E-state index contributed by atoms with van der Waals surface area (Å²) >= 11 is 0. The molecule has 0 aliphatic carbocycles. The Morgan fingerprint density at radius 2 is 2.00 bits per heavy atom. The van der Waals surface area contributed by atoms with Gasteiger partial charge in [-0.3, -0.25) is 4.99 Å². The van der Waals surface area contributed by atoms with Crippen LogP contribution in [0.1, 0.15) is 39.7 Å². The normalized spacial score (nSPS) is 12.8. The van der Waals surface area contributed by atoms with E-state index in [-0.39, 0.29) is 11.2 Å². The average molecular weight is 279 g/mol. The van der Waals surface area contributed by atoms with Gasteiger partial charge in [-0.15, -0.1) is 0 Å². The lowest BCUT2D eigenvalue weighted by molar-refractivity contribution is 0.492. The van der Waals surface area contributed by atoms with Crippen molar-refractivity contribution in [3.05, 3.63) is 35.6 Å². The van der Waals surface area contributed by atoms with Gasteiger partial charge in [-0.05, 0) is 24.0 Å². The molecule has 3 N–H and O–H groups in total. The van der Waals surface area contributed by atoms with Crippen molar-refractivity contribution in [1.82, 2.24) is 5.32 Å². The van der Waals surface area contributed by atoms with Crippen LogP contribution in [0.3, 0.4) is 0 Å². The van der Waals surface area contributed by atoms with E-state index in [9.17, 15) is 4.39 Å². The first-order valence-corrected chi connectivity index (χ1v) is 7.11. The summed E-state index contributed by atoms with van der Waals surface area (Å²) in [5.41, 5.74) is 6.11. The van der Waals surface area contributed by atoms with E-state index in [1.54, 1.807) is 12.1 Å². The molecule has 0 fully saturated rings. The molecule has 1 aromatic rings. The van der Waals surface area contributed by atoms with E-state index in [0.29, 0.717) is 24.0 Å². The van der Waals surface area contributed by atoms with Crippen LogP contribution in [0.25, 0.3) is 0 Å². The average Bonchev–Trinajstić information content (AvgIpc) is 2.36. The smallest absolute Gasteiger partial charge is 0.188 e. The van der Waals surface area contributed by atoms with Gasteiger partial charge in [-0.1, -0.05) is 45.9 Å². The van der Waals surface area contributed by atoms with Crippen LogP contribution in [-0.4, -0.2) is 19.0 Å². The predicted molar refractivity (Wildman–Crippen MR) is 83.4 cm³/mol. The van der Waals surface area contributed by atoms with Crippen molar-refractivity contribution in [2.75, 3.05) is 13.1 Å². The van der Waals surface area contributed by atoms with Gasteiger partial charge in [0.2, 0.25) is 0 Å². The molecule has 3 nitrogen and oxygen atoms in total. The highest BCUT2D eigenvalue weighted by atomic mass is 19.1. The molecule has 0 saturated carbocycles. The van der Waals surface area contributed by atoms with Gasteiger partial charge in [0, 0.05) is 12.0 Å². The quantitative estimate of drug-likeness (QED) is 0.621. The molecule has 0 amide bonds. The first-order chi connectivity index (χ1) is 9.33. The third-order valence-electron chi connectivity index (χ3n) is 3.28. The first kappa shape index (κ1) is 16.5. The van der Waals surface area contributed by atoms with E-state index in [2.05, 4.69) is 24.2 Å². The molecule has 0 aliphatic heterocycles. The number of hydrogen-bond donors (Lipinski definition) is 2. The minimum absolute atomic E-state index is 0.195. The number of aliphatic imine (C=N–C) groups is 1. The van der Waals surface area contributed by atoms with Crippen molar-refractivity contribution in [3.8, 4) is 0 Å². The fraction of sp³-hybridized carbons (Fsp3) is 0.562. The second-order valence-electron chi connectivity index (χ2n) is 6.17. The number of nitrogens with one attached hydrogen (secondary N) is 1. The predicted octanol–water partition coefficient (Wildman–Crippen LogP) is 3.05. The highest BCUT2D eigenvalue weighted by molar-refractivity contribution is 5.77. The molecular weight excluding hydrogens is 253 g/mol. The van der Waals surface area contributed by atoms with Crippen molar-refractivity contribution in [2.45, 2.75) is 39.5 Å². The van der Waals surface area contributed by atoms with Gasteiger partial charge >= 0.3 is 0 Å². The van der Waals surface area contributed by atoms with Crippen LogP contribution in [0.5, 0.6) is 0 Å². The number of nitrogens with two attached hydrogens (primary N) is 1. The molecule has 1 rings (SSSR count). The van der Waals surface area contributed by atoms with E-state index in [1.807, 2.05) is 19.9 Å². The Kier molecular flexibility index (Phi) is 5.99. The minimum Gasteiger partial charge on any atom is -0.370 e. The number of nitrogens with zero attached hydrogens (tertiary/aromatic N) is 1. The van der Waals surface area contributed by atoms with Gasteiger partial charge < -0.3 is 11.1 Å². The second-order valence-corrected chi connectivity index (χ2v) is 6.17. The van der Waals surface area contributed by atoms with Gasteiger partial charge in [0.15, 0.2) is 5.96 Å². The van der Waals surface area contributed by atoms with Crippen molar-refractivity contribution in [2.24, 2.45) is 16.6 Å². The highest BCUT2D eigenvalue weighted by Crippen LogP contribution is 2.25. The summed E-state index contributed by atoms with van der Waals surface area (Å²) in [6, 6.07) is 6.81. The zero-order chi connectivity index (χ0) is 15.2. The summed E-state index contributed by atoms with van der Waals surface area (Å²) in [5, 5.41) is 3.09. The number of guanidine groups is 1. The number of rotatable bonds is 6. The van der Waals surface area contributed by atoms with Crippen LogP contribution < -0.4 is 11.1 Å². The molecule has 0 radical (unpaired) electrons. The third kappa shape index (κ3) is 5.19. The summed E-state index contributed by atoms with van der Waals surface area (Å²) in [5.74, 6) is 0.860. The molecule has 20 heavy (non-hydrogen) atoms. The number of benzene rings is 1. The zero-order valence-corrected chi connectivity index (χ0v) is 12.9. The summed E-state index contributed by atoms with van der Waals surface area (Å²) in [6.07, 6.45) is 1.05. The molecule has 0 unspecified atom stereocenters. The van der Waals surface area contributed by atoms with Crippen molar-refractivity contribution in [3.63, 3.8) is 0 Å². The molecule has 112 valence electrons. The Balaban J connectivity index is 2.60. The van der Waals surface area contributed by atoms with Gasteiger partial charge in [-0.2, -0.15) is 0 Å². The molecule has 1 aromatic carbocycles. The molecule has 0 spiro atoms. The Morgan fingerprint density at radius 1 is 1.35 bits per heavy atom. The van der Waals surface area contributed by atoms with E-state index in [4.69, 9.17) is 5.73 Å². The lowest BCUT2D eigenvalue weighted by Crippen LogP contribution is -2.34. The van der Waals surface area contributed by atoms with Crippen LogP contribution in [0.2, 0.25) is 0 Å². The Bertz CT molecular complexity index is 453. The van der Waals surface area contributed by atoms with E-state index in [0.717, 1.165) is 13.0 Å². The van der Waals surface area contributed by atoms with Gasteiger partial charge in [0.05, 0.1) is 6.54 Å². The maximum atomic E-state index is 13.8. The highest BCUT2D eigenvalue weighted by Gasteiger charge is 2.23. The Morgan fingerprint density at radius 3 is 2.60 bits per heavy atom. The summed E-state index contributed by atoms with van der Waals surface area (Å²) in [6.45, 7) is 9.53. The van der Waals surface area contributed by atoms with Crippen LogP contribution in [-0.2, 0) is 5.41 Å². The molecule has 0 saturated heterocycles. The van der Waals surface area contributed by atoms with Crippen molar-refractivity contribution < 1.29 is 4.39 Å². The molecule has 0 aromatic heterocycles. The summed E-state index contributed by atoms with van der Waals surface area (Å²) in [7, 11) is 0. The van der Waals surface area contributed by atoms with Gasteiger partial charge in [0.1, 0.15) is 5.82 Å². The minimum atomic E-state index is -0.379. The monoisotopic (exact) mass is 279 g/mol. The standard InChI is InChI=1S/C16H26FN3/c1-12(2)9-10-19-15(18)20-11-16(3,4)13-7-5-6-8-14(13)17/h5-8,12H,9-11H2,1-4H3,(H3,18,19,20). The number of hydrogen-bond acceptors (Lipinski definition) is 1. The third-order valence-corrected chi connectivity index (χ3v) is 3.28. The maximum absolute atomic E-state index is 13.8. The lowest BCUT2D eigenvalue weighted by atomic mass is 9.84. The lowest BCUT2D eigenvalue weighted by Gasteiger charge is -2.23. The number of halogens is 1. The largest absolute Gasteiger partial charge is 0.370 e. The van der Waals surface area contributed by atoms with Crippen molar-refractivity contribution >= 4 is 5.96 Å². The van der Waals surface area contributed by atoms with Crippen LogP contribution >= 0.6 is 0 Å². The first-order valence-electron chi connectivity index (χ1n) is 7.11. The van der Waals surface area contributed by atoms with Gasteiger partial charge in [0.25, 0.3) is 0 Å². The van der Waals surface area contributed by atoms with Crippen molar-refractivity contribution in [1.29, 1.82) is 0 Å². The Labute approximate surface area is 121 Å². The second kappa shape index (κ2) is 7.27. The fourth-order valence-electron chi connectivity index (χ4n) is 1.92. The summed E-state index contributed by atoms with van der Waals surface area (Å²) < 4.78 is 13.8. The molecule has 0 atom stereocenters. The fourth-order valence-corrected chi connectivity index (χ4v) is 1.92. The molecule has 4 heteroatoms. The van der Waals surface area contributed by atoms with E-state index in [1.165, 1.54) is 6.07 Å². The molecular formula is C16H26FN3. The van der Waals surface area contributed by atoms with E-state index < -0.39 is 0 Å². The summed E-state index contributed by atoms with van der Waals surface area (Å²) in [4.78, 5) is 4.33. The van der Waals surface area contributed by atoms with Crippen LogP contribution in [0.15, 0.2) is 29.3 Å². The van der Waals surface area contributed by atoms with E-state index >= 15 is 0 Å². The molecule has 0 heterocycles.